The van der Waals surface area contributed by atoms with Crippen LogP contribution >= 0.6 is 11.6 Å². The summed E-state index contributed by atoms with van der Waals surface area (Å²) in [6.45, 7) is 4.58. The molecule has 0 unspecified atom stereocenters. The van der Waals surface area contributed by atoms with Gasteiger partial charge >= 0.3 is 0 Å². The molecule has 0 atom stereocenters. The Morgan fingerprint density at radius 1 is 1.47 bits per heavy atom. The first kappa shape index (κ1) is 13.6. The lowest BCUT2D eigenvalue weighted by Crippen LogP contribution is -2.12. The average Bonchev–Trinajstić information content (AvgIpc) is 2.74. The fourth-order valence-corrected chi connectivity index (χ4v) is 2.12. The molecule has 19 heavy (non-hydrogen) atoms. The molecule has 0 radical (unpaired) electrons. The second-order valence-corrected chi connectivity index (χ2v) is 4.87. The van der Waals surface area contributed by atoms with Crippen molar-refractivity contribution in [1.82, 2.24) is 9.78 Å². The molecule has 2 N–H and O–H groups in total. The number of benzene rings is 1. The molecule has 0 aliphatic heterocycles. The van der Waals surface area contributed by atoms with E-state index in [0.717, 1.165) is 12.0 Å². The molecule has 0 aliphatic carbocycles. The molecule has 0 aliphatic rings. The second-order valence-electron chi connectivity index (χ2n) is 4.46. The molecule has 5 heteroatoms. The van der Waals surface area contributed by atoms with E-state index in [1.165, 1.54) is 6.20 Å². The van der Waals surface area contributed by atoms with Crippen molar-refractivity contribution in [2.45, 2.75) is 26.8 Å². The Morgan fingerprint density at radius 2 is 2.21 bits per heavy atom. The number of carbonyl (C=O) groups excluding carboxylic acids is 1. The molecule has 2 aromatic rings. The zero-order valence-electron chi connectivity index (χ0n) is 11.0. The van der Waals surface area contributed by atoms with Crippen LogP contribution < -0.4 is 5.73 Å². The number of carbonyl (C=O) groups is 1. The fourth-order valence-electron chi connectivity index (χ4n) is 1.89. The van der Waals surface area contributed by atoms with Crippen molar-refractivity contribution in [3.05, 3.63) is 46.2 Å². The topological polar surface area (TPSA) is 60.9 Å². The van der Waals surface area contributed by atoms with Crippen molar-refractivity contribution in [2.24, 2.45) is 0 Å². The van der Waals surface area contributed by atoms with Crippen LogP contribution in [0.2, 0.25) is 5.02 Å². The minimum absolute atomic E-state index is 0.150. The molecule has 0 amide bonds. The van der Waals surface area contributed by atoms with E-state index in [0.29, 0.717) is 28.5 Å². The number of nitrogens with two attached hydrogens (primary N) is 1. The van der Waals surface area contributed by atoms with Gasteiger partial charge in [0.15, 0.2) is 0 Å². The Kier molecular flexibility index (Phi) is 3.90. The highest BCUT2D eigenvalue weighted by Crippen LogP contribution is 2.21. The van der Waals surface area contributed by atoms with Crippen molar-refractivity contribution >= 4 is 23.1 Å². The number of aromatic nitrogens is 2. The quantitative estimate of drug-likeness (QED) is 0.690. The van der Waals surface area contributed by atoms with Gasteiger partial charge in [-0.25, -0.2) is 0 Å². The lowest BCUT2D eigenvalue weighted by atomic mass is 10.0. The van der Waals surface area contributed by atoms with Crippen molar-refractivity contribution in [3.63, 3.8) is 0 Å². The molecule has 0 bridgehead atoms. The monoisotopic (exact) mass is 277 g/mol. The van der Waals surface area contributed by atoms with Crippen LogP contribution in [-0.2, 0) is 6.54 Å². The van der Waals surface area contributed by atoms with Gasteiger partial charge in [-0.1, -0.05) is 30.7 Å². The summed E-state index contributed by atoms with van der Waals surface area (Å²) in [6, 6.07) is 5.27. The van der Waals surface area contributed by atoms with Crippen molar-refractivity contribution in [2.75, 3.05) is 5.73 Å². The number of nitrogens with zero attached hydrogens (tertiary/aromatic N) is 2. The van der Waals surface area contributed by atoms with Gasteiger partial charge in [0, 0.05) is 17.8 Å². The molecule has 4 nitrogen and oxygen atoms in total. The average molecular weight is 278 g/mol. The Labute approximate surface area is 117 Å². The Balaban J connectivity index is 2.43. The van der Waals surface area contributed by atoms with E-state index in [1.807, 2.05) is 19.9 Å². The van der Waals surface area contributed by atoms with Gasteiger partial charge in [-0.05, 0) is 25.0 Å². The fraction of sp³-hybridized carbons (Fsp3) is 0.286. The molecule has 1 aromatic carbocycles. The highest BCUT2D eigenvalue weighted by Gasteiger charge is 2.19. The lowest BCUT2D eigenvalue weighted by Gasteiger charge is -2.07. The predicted molar refractivity (Wildman–Crippen MR) is 76.6 cm³/mol. The van der Waals surface area contributed by atoms with Crippen LogP contribution in [0.4, 0.5) is 5.69 Å². The summed E-state index contributed by atoms with van der Waals surface area (Å²) in [5.41, 5.74) is 8.34. The van der Waals surface area contributed by atoms with E-state index in [9.17, 15) is 4.79 Å². The molecule has 0 spiro atoms. The van der Waals surface area contributed by atoms with Crippen molar-refractivity contribution < 1.29 is 4.79 Å². The van der Waals surface area contributed by atoms with Gasteiger partial charge in [-0.15, -0.1) is 0 Å². The smallest absolute Gasteiger partial charge is 0.212 e. The number of aryl methyl sites for hydroxylation is 2. The molecule has 0 fully saturated rings. The summed E-state index contributed by atoms with van der Waals surface area (Å²) in [5.74, 6) is -0.150. The maximum atomic E-state index is 12.5. The SMILES string of the molecule is CCCn1ncc(Cl)c1C(=O)c1ccc(C)c(N)c1. The summed E-state index contributed by atoms with van der Waals surface area (Å²) in [6.07, 6.45) is 2.39. The molecule has 2 rings (SSSR count). The number of ketones is 1. The molecular weight excluding hydrogens is 262 g/mol. The number of anilines is 1. The van der Waals surface area contributed by atoms with Crippen molar-refractivity contribution in [3.8, 4) is 0 Å². The molecule has 1 heterocycles. The van der Waals surface area contributed by atoms with Gasteiger partial charge in [-0.2, -0.15) is 5.10 Å². The standard InChI is InChI=1S/C14H16ClN3O/c1-3-6-18-13(11(15)8-17-18)14(19)10-5-4-9(2)12(16)7-10/h4-5,7-8H,3,6,16H2,1-2H3. The first-order chi connectivity index (χ1) is 9.04. The van der Waals surface area contributed by atoms with Gasteiger partial charge < -0.3 is 5.73 Å². The van der Waals surface area contributed by atoms with Gasteiger partial charge in [0.25, 0.3) is 0 Å². The first-order valence-electron chi connectivity index (χ1n) is 6.16. The number of rotatable bonds is 4. The second kappa shape index (κ2) is 5.45. The van der Waals surface area contributed by atoms with E-state index >= 15 is 0 Å². The number of hydrogen-bond acceptors (Lipinski definition) is 3. The third-order valence-corrected chi connectivity index (χ3v) is 3.26. The van der Waals surface area contributed by atoms with E-state index in [-0.39, 0.29) is 5.78 Å². The van der Waals surface area contributed by atoms with Crippen LogP contribution in [0.1, 0.15) is 35.0 Å². The molecule has 0 saturated heterocycles. The number of nitrogen functional groups attached to an aromatic ring is 1. The highest BCUT2D eigenvalue weighted by molar-refractivity contribution is 6.34. The van der Waals surface area contributed by atoms with Crippen molar-refractivity contribution in [1.29, 1.82) is 0 Å². The van der Waals surface area contributed by atoms with E-state index in [1.54, 1.807) is 16.8 Å². The Morgan fingerprint density at radius 3 is 2.84 bits per heavy atom. The van der Waals surface area contributed by atoms with E-state index in [2.05, 4.69) is 5.10 Å². The normalized spacial score (nSPS) is 10.7. The molecule has 0 saturated carbocycles. The van der Waals surface area contributed by atoms with Crippen LogP contribution in [0.25, 0.3) is 0 Å². The minimum Gasteiger partial charge on any atom is -0.398 e. The summed E-state index contributed by atoms with van der Waals surface area (Å²) >= 11 is 6.06. The predicted octanol–water partition coefficient (Wildman–Crippen LogP) is 3.07. The largest absolute Gasteiger partial charge is 0.398 e. The third kappa shape index (κ3) is 2.63. The van der Waals surface area contributed by atoms with Crippen LogP contribution in [0.5, 0.6) is 0 Å². The van der Waals surface area contributed by atoms with Gasteiger partial charge in [-0.3, -0.25) is 9.48 Å². The highest BCUT2D eigenvalue weighted by atomic mass is 35.5. The van der Waals surface area contributed by atoms with Crippen LogP contribution in [0.3, 0.4) is 0 Å². The zero-order valence-corrected chi connectivity index (χ0v) is 11.7. The molecule has 100 valence electrons. The number of hydrogen-bond donors (Lipinski definition) is 1. The van der Waals surface area contributed by atoms with Crippen LogP contribution in [0, 0.1) is 6.92 Å². The maximum absolute atomic E-state index is 12.5. The zero-order chi connectivity index (χ0) is 14.0. The third-order valence-electron chi connectivity index (χ3n) is 2.99. The summed E-state index contributed by atoms with van der Waals surface area (Å²) in [7, 11) is 0. The Hall–Kier alpha value is -1.81. The summed E-state index contributed by atoms with van der Waals surface area (Å²) in [4.78, 5) is 12.5. The van der Waals surface area contributed by atoms with E-state index < -0.39 is 0 Å². The van der Waals surface area contributed by atoms with E-state index in [4.69, 9.17) is 17.3 Å². The van der Waals surface area contributed by atoms with Gasteiger partial charge in [0.2, 0.25) is 5.78 Å². The van der Waals surface area contributed by atoms with Gasteiger partial charge in [0.05, 0.1) is 11.2 Å². The molecule has 1 aromatic heterocycles. The summed E-state index contributed by atoms with van der Waals surface area (Å²) < 4.78 is 1.64. The maximum Gasteiger partial charge on any atom is 0.212 e. The Bertz CT molecular complexity index is 619. The van der Waals surface area contributed by atoms with Crippen LogP contribution in [0.15, 0.2) is 24.4 Å². The first-order valence-corrected chi connectivity index (χ1v) is 6.54. The van der Waals surface area contributed by atoms with Gasteiger partial charge in [0.1, 0.15) is 5.69 Å². The van der Waals surface area contributed by atoms with Crippen LogP contribution in [-0.4, -0.2) is 15.6 Å². The molecular formula is C14H16ClN3O. The summed E-state index contributed by atoms with van der Waals surface area (Å²) in [5, 5.41) is 4.50. The number of halogens is 1. The minimum atomic E-state index is -0.150. The lowest BCUT2D eigenvalue weighted by molar-refractivity contribution is 0.102.